The van der Waals surface area contributed by atoms with Crippen molar-refractivity contribution < 1.29 is 9.31 Å². The summed E-state index contributed by atoms with van der Waals surface area (Å²) in [5.74, 6) is -0.345. The molecule has 18 heavy (non-hydrogen) atoms. The van der Waals surface area contributed by atoms with Crippen molar-refractivity contribution in [2.75, 3.05) is 5.32 Å². The van der Waals surface area contributed by atoms with Gasteiger partial charge in [-0.1, -0.05) is 24.3 Å². The second kappa shape index (κ2) is 5.27. The van der Waals surface area contributed by atoms with E-state index in [1.54, 1.807) is 30.3 Å². The number of hydrogen-bond acceptors (Lipinski definition) is 3. The number of para-hydroxylation sites is 1. The zero-order valence-electron chi connectivity index (χ0n) is 9.47. The van der Waals surface area contributed by atoms with Crippen LogP contribution in [0.3, 0.4) is 0 Å². The zero-order chi connectivity index (χ0) is 13.0. The number of hydrogen-bond donors (Lipinski definition) is 1. The molecular weight excluding hydrogens is 235 g/mol. The molecule has 0 bridgehead atoms. The van der Waals surface area contributed by atoms with Crippen LogP contribution in [0, 0.1) is 15.9 Å². The van der Waals surface area contributed by atoms with Gasteiger partial charge >= 0.3 is 0 Å². The number of nitrogens with zero attached hydrogens (tertiary/aromatic N) is 1. The number of nitrogens with one attached hydrogen (secondary N) is 1. The Morgan fingerprint density at radius 2 is 1.94 bits per heavy atom. The topological polar surface area (TPSA) is 55.2 Å². The summed E-state index contributed by atoms with van der Waals surface area (Å²) in [4.78, 5) is 10.2. The molecule has 0 unspecified atom stereocenters. The fourth-order valence-corrected chi connectivity index (χ4v) is 1.58. The summed E-state index contributed by atoms with van der Waals surface area (Å²) in [5, 5.41) is 13.5. The Labute approximate surface area is 103 Å². The van der Waals surface area contributed by atoms with Crippen molar-refractivity contribution in [3.05, 3.63) is 70.0 Å². The Kier molecular flexibility index (Phi) is 3.52. The first kappa shape index (κ1) is 12.0. The standard InChI is InChI=1S/C13H11FN2O2/c14-12-6-1-2-7-13(12)15-9-10-4-3-5-11(8-10)16(17)18/h1-8,15H,9H2. The number of rotatable bonds is 4. The summed E-state index contributed by atoms with van der Waals surface area (Å²) in [7, 11) is 0. The summed E-state index contributed by atoms with van der Waals surface area (Å²) in [6.45, 7) is 0.336. The molecule has 4 nitrogen and oxygen atoms in total. The molecule has 2 aromatic carbocycles. The molecule has 2 aromatic rings. The van der Waals surface area contributed by atoms with Gasteiger partial charge in [-0.25, -0.2) is 4.39 Å². The molecule has 0 aliphatic carbocycles. The number of nitro groups is 1. The van der Waals surface area contributed by atoms with E-state index in [0.717, 1.165) is 5.56 Å². The lowest BCUT2D eigenvalue weighted by Crippen LogP contribution is -2.01. The normalized spacial score (nSPS) is 10.1. The fraction of sp³-hybridized carbons (Fsp3) is 0.0769. The molecule has 0 amide bonds. The maximum atomic E-state index is 13.3. The first-order valence-electron chi connectivity index (χ1n) is 5.38. The Hall–Kier alpha value is -2.43. The highest BCUT2D eigenvalue weighted by Crippen LogP contribution is 2.16. The van der Waals surface area contributed by atoms with Crippen LogP contribution in [0.15, 0.2) is 48.5 Å². The highest BCUT2D eigenvalue weighted by atomic mass is 19.1. The van der Waals surface area contributed by atoms with Gasteiger partial charge in [0.2, 0.25) is 0 Å². The summed E-state index contributed by atoms with van der Waals surface area (Å²) >= 11 is 0. The van der Waals surface area contributed by atoms with Crippen molar-refractivity contribution in [1.29, 1.82) is 0 Å². The minimum atomic E-state index is -0.452. The van der Waals surface area contributed by atoms with Gasteiger partial charge in [-0.15, -0.1) is 0 Å². The Bertz CT molecular complexity index is 572. The van der Waals surface area contributed by atoms with Gasteiger partial charge in [-0.2, -0.15) is 0 Å². The molecule has 2 rings (SSSR count). The van der Waals surface area contributed by atoms with Crippen LogP contribution in [-0.2, 0) is 6.54 Å². The predicted octanol–water partition coefficient (Wildman–Crippen LogP) is 3.35. The van der Waals surface area contributed by atoms with E-state index in [-0.39, 0.29) is 11.5 Å². The average molecular weight is 246 g/mol. The lowest BCUT2D eigenvalue weighted by molar-refractivity contribution is -0.384. The lowest BCUT2D eigenvalue weighted by atomic mass is 10.2. The third-order valence-electron chi connectivity index (χ3n) is 2.48. The van der Waals surface area contributed by atoms with E-state index < -0.39 is 4.92 Å². The van der Waals surface area contributed by atoms with E-state index >= 15 is 0 Å². The summed E-state index contributed by atoms with van der Waals surface area (Å²) in [6, 6.07) is 12.5. The largest absolute Gasteiger partial charge is 0.379 e. The summed E-state index contributed by atoms with van der Waals surface area (Å²) in [6.07, 6.45) is 0. The lowest BCUT2D eigenvalue weighted by Gasteiger charge is -2.07. The van der Waals surface area contributed by atoms with Crippen LogP contribution in [0.1, 0.15) is 5.56 Å². The van der Waals surface area contributed by atoms with E-state index in [9.17, 15) is 14.5 Å². The van der Waals surface area contributed by atoms with E-state index in [1.807, 2.05) is 0 Å². The van der Waals surface area contributed by atoms with Crippen LogP contribution in [0.25, 0.3) is 0 Å². The summed E-state index contributed by atoms with van der Waals surface area (Å²) in [5.41, 5.74) is 1.14. The van der Waals surface area contributed by atoms with Crippen LogP contribution in [0.4, 0.5) is 15.8 Å². The maximum Gasteiger partial charge on any atom is 0.269 e. The molecule has 0 heterocycles. The number of halogens is 1. The van der Waals surface area contributed by atoms with Gasteiger partial charge in [-0.05, 0) is 17.7 Å². The van der Waals surface area contributed by atoms with Crippen molar-refractivity contribution in [2.24, 2.45) is 0 Å². The molecule has 0 spiro atoms. The van der Waals surface area contributed by atoms with Crippen molar-refractivity contribution in [3.63, 3.8) is 0 Å². The van der Waals surface area contributed by atoms with Crippen molar-refractivity contribution in [3.8, 4) is 0 Å². The third-order valence-corrected chi connectivity index (χ3v) is 2.48. The van der Waals surface area contributed by atoms with Crippen LogP contribution in [0.2, 0.25) is 0 Å². The molecule has 1 N–H and O–H groups in total. The van der Waals surface area contributed by atoms with Crippen LogP contribution in [-0.4, -0.2) is 4.92 Å². The van der Waals surface area contributed by atoms with E-state index in [2.05, 4.69) is 5.32 Å². The minimum Gasteiger partial charge on any atom is -0.379 e. The van der Waals surface area contributed by atoms with Gasteiger partial charge in [0.05, 0.1) is 10.6 Å². The first-order valence-corrected chi connectivity index (χ1v) is 5.38. The molecule has 0 saturated heterocycles. The van der Waals surface area contributed by atoms with Gasteiger partial charge in [-0.3, -0.25) is 10.1 Å². The molecule has 0 atom stereocenters. The molecule has 0 saturated carbocycles. The molecule has 92 valence electrons. The Morgan fingerprint density at radius 1 is 1.17 bits per heavy atom. The second-order valence-corrected chi connectivity index (χ2v) is 3.76. The Balaban J connectivity index is 2.09. The van der Waals surface area contributed by atoms with Crippen LogP contribution >= 0.6 is 0 Å². The SMILES string of the molecule is O=[N+]([O-])c1cccc(CNc2ccccc2F)c1. The van der Waals surface area contributed by atoms with Crippen LogP contribution in [0.5, 0.6) is 0 Å². The molecule has 0 aliphatic heterocycles. The van der Waals surface area contributed by atoms with Crippen molar-refractivity contribution >= 4 is 11.4 Å². The van der Waals surface area contributed by atoms with Gasteiger partial charge < -0.3 is 5.32 Å². The summed E-state index contributed by atoms with van der Waals surface area (Å²) < 4.78 is 13.3. The van der Waals surface area contributed by atoms with E-state index in [4.69, 9.17) is 0 Å². The van der Waals surface area contributed by atoms with E-state index in [1.165, 1.54) is 18.2 Å². The highest BCUT2D eigenvalue weighted by molar-refractivity contribution is 5.45. The molecular formula is C13H11FN2O2. The third kappa shape index (κ3) is 2.82. The number of non-ortho nitro benzene ring substituents is 1. The molecule has 0 fully saturated rings. The van der Waals surface area contributed by atoms with E-state index in [0.29, 0.717) is 12.2 Å². The quantitative estimate of drug-likeness (QED) is 0.664. The maximum absolute atomic E-state index is 13.3. The molecule has 5 heteroatoms. The van der Waals surface area contributed by atoms with Gasteiger partial charge in [0, 0.05) is 18.7 Å². The average Bonchev–Trinajstić information content (AvgIpc) is 2.38. The van der Waals surface area contributed by atoms with Gasteiger partial charge in [0.1, 0.15) is 5.82 Å². The molecule has 0 aromatic heterocycles. The highest BCUT2D eigenvalue weighted by Gasteiger charge is 2.06. The van der Waals surface area contributed by atoms with Crippen molar-refractivity contribution in [2.45, 2.75) is 6.54 Å². The number of anilines is 1. The smallest absolute Gasteiger partial charge is 0.269 e. The number of nitro benzene ring substituents is 1. The number of benzene rings is 2. The monoisotopic (exact) mass is 246 g/mol. The van der Waals surface area contributed by atoms with Gasteiger partial charge in [0.25, 0.3) is 5.69 Å². The van der Waals surface area contributed by atoms with Crippen molar-refractivity contribution in [1.82, 2.24) is 0 Å². The second-order valence-electron chi connectivity index (χ2n) is 3.76. The molecule has 0 aliphatic rings. The fourth-order valence-electron chi connectivity index (χ4n) is 1.58. The van der Waals surface area contributed by atoms with Crippen LogP contribution < -0.4 is 5.32 Å². The molecule has 0 radical (unpaired) electrons. The first-order chi connectivity index (χ1) is 8.66. The van der Waals surface area contributed by atoms with Gasteiger partial charge in [0.15, 0.2) is 0 Å². The Morgan fingerprint density at radius 3 is 2.67 bits per heavy atom. The zero-order valence-corrected chi connectivity index (χ0v) is 9.47. The minimum absolute atomic E-state index is 0.0304. The predicted molar refractivity (Wildman–Crippen MR) is 66.8 cm³/mol.